The van der Waals surface area contributed by atoms with Crippen LogP contribution in [0.5, 0.6) is 0 Å². The number of aryl methyl sites for hydroxylation is 1. The summed E-state index contributed by atoms with van der Waals surface area (Å²) in [5.41, 5.74) is 8.01. The molecule has 0 unspecified atom stereocenters. The molecule has 15 heavy (non-hydrogen) atoms. The van der Waals surface area contributed by atoms with Gasteiger partial charge in [-0.2, -0.15) is 0 Å². The highest BCUT2D eigenvalue weighted by Gasteiger charge is 2.22. The van der Waals surface area contributed by atoms with Crippen molar-refractivity contribution in [3.63, 3.8) is 0 Å². The van der Waals surface area contributed by atoms with Gasteiger partial charge in [-0.15, -0.1) is 0 Å². The van der Waals surface area contributed by atoms with Crippen LogP contribution < -0.4 is 11.1 Å². The molecule has 0 aliphatic carbocycles. The average molecular weight is 226 g/mol. The fourth-order valence-corrected chi connectivity index (χ4v) is 3.20. The first-order chi connectivity index (χ1) is 7.00. The zero-order chi connectivity index (χ0) is 11.1. The predicted molar refractivity (Wildman–Crippen MR) is 59.4 cm³/mol. The van der Waals surface area contributed by atoms with Crippen molar-refractivity contribution in [2.45, 2.75) is 18.4 Å². The Hall–Kier alpha value is -1.07. The van der Waals surface area contributed by atoms with Gasteiger partial charge in [0.1, 0.15) is 0 Å². The number of nitrogens with one attached hydrogen (secondary N) is 1. The van der Waals surface area contributed by atoms with E-state index < -0.39 is 9.84 Å². The molecule has 2 rings (SSSR count). The Morgan fingerprint density at radius 2 is 2.13 bits per heavy atom. The number of hydrogen-bond donors (Lipinski definition) is 2. The third-order valence-corrected chi connectivity index (χ3v) is 4.44. The Morgan fingerprint density at radius 3 is 2.87 bits per heavy atom. The summed E-state index contributed by atoms with van der Waals surface area (Å²) in [6, 6.07) is 3.42. The van der Waals surface area contributed by atoms with Crippen LogP contribution in [0.2, 0.25) is 0 Å². The van der Waals surface area contributed by atoms with Crippen molar-refractivity contribution in [1.29, 1.82) is 0 Å². The van der Waals surface area contributed by atoms with E-state index in [0.717, 1.165) is 11.1 Å². The molecule has 4 nitrogen and oxygen atoms in total. The summed E-state index contributed by atoms with van der Waals surface area (Å²) in [4.78, 5) is 0.385. The molecule has 3 N–H and O–H groups in total. The predicted octanol–water partition coefficient (Wildman–Crippen LogP) is 0.454. The van der Waals surface area contributed by atoms with Gasteiger partial charge in [-0.05, 0) is 24.1 Å². The number of anilines is 1. The maximum Gasteiger partial charge on any atom is 0.180 e. The normalized spacial score (nSPS) is 19.3. The van der Waals surface area contributed by atoms with Gasteiger partial charge in [-0.25, -0.2) is 8.42 Å². The summed E-state index contributed by atoms with van der Waals surface area (Å²) in [7, 11) is -3.16. The molecule has 0 bridgehead atoms. The van der Waals surface area contributed by atoms with Gasteiger partial charge in [0.25, 0.3) is 0 Å². The highest BCUT2D eigenvalue weighted by atomic mass is 32.2. The van der Waals surface area contributed by atoms with E-state index in [-0.39, 0.29) is 5.75 Å². The molecule has 5 heteroatoms. The van der Waals surface area contributed by atoms with Crippen LogP contribution in [-0.2, 0) is 16.4 Å². The number of nitrogens with two attached hydrogens (primary N) is 1. The van der Waals surface area contributed by atoms with Crippen LogP contribution in [0, 0.1) is 6.92 Å². The minimum atomic E-state index is -3.16. The van der Waals surface area contributed by atoms with E-state index in [1.165, 1.54) is 0 Å². The van der Waals surface area contributed by atoms with Crippen molar-refractivity contribution in [3.05, 3.63) is 23.3 Å². The second-order valence-corrected chi connectivity index (χ2v) is 5.89. The molecule has 0 aromatic heterocycles. The van der Waals surface area contributed by atoms with E-state index in [9.17, 15) is 8.42 Å². The van der Waals surface area contributed by atoms with E-state index in [2.05, 4.69) is 5.32 Å². The smallest absolute Gasteiger partial charge is 0.180 e. The monoisotopic (exact) mass is 226 g/mol. The first-order valence-corrected chi connectivity index (χ1v) is 6.48. The first-order valence-electron chi connectivity index (χ1n) is 4.83. The van der Waals surface area contributed by atoms with E-state index in [0.29, 0.717) is 23.7 Å². The molecule has 0 saturated carbocycles. The van der Waals surface area contributed by atoms with Gasteiger partial charge in [0, 0.05) is 18.8 Å². The summed E-state index contributed by atoms with van der Waals surface area (Å²) in [5, 5.41) is 3.09. The maximum absolute atomic E-state index is 11.9. The van der Waals surface area contributed by atoms with Crippen LogP contribution in [-0.4, -0.2) is 20.7 Å². The van der Waals surface area contributed by atoms with Crippen LogP contribution >= 0.6 is 0 Å². The largest absolute Gasteiger partial charge is 0.398 e. The zero-order valence-corrected chi connectivity index (χ0v) is 9.39. The van der Waals surface area contributed by atoms with E-state index in [1.807, 2.05) is 13.0 Å². The molecule has 82 valence electrons. The Morgan fingerprint density at radius 1 is 1.40 bits per heavy atom. The third kappa shape index (κ3) is 1.85. The number of rotatable bonds is 0. The highest BCUT2D eigenvalue weighted by Crippen LogP contribution is 2.24. The molecule has 1 heterocycles. The fourth-order valence-electron chi connectivity index (χ4n) is 1.73. The van der Waals surface area contributed by atoms with Gasteiger partial charge in [0.2, 0.25) is 0 Å². The number of sulfone groups is 1. The fraction of sp³-hybridized carbons (Fsp3) is 0.400. The van der Waals surface area contributed by atoms with Gasteiger partial charge in [-0.3, -0.25) is 0 Å². The Balaban J connectivity index is 2.68. The minimum Gasteiger partial charge on any atom is -0.398 e. The van der Waals surface area contributed by atoms with Crippen molar-refractivity contribution in [3.8, 4) is 0 Å². The maximum atomic E-state index is 11.9. The summed E-state index contributed by atoms with van der Waals surface area (Å²) < 4.78 is 23.7. The lowest BCUT2D eigenvalue weighted by Gasteiger charge is -2.09. The molecule has 0 radical (unpaired) electrons. The minimum absolute atomic E-state index is 0.141. The Kier molecular flexibility index (Phi) is 2.44. The van der Waals surface area contributed by atoms with Crippen LogP contribution in [0.15, 0.2) is 17.0 Å². The summed E-state index contributed by atoms with van der Waals surface area (Å²) in [6.07, 6.45) is 0. The molecule has 0 amide bonds. The van der Waals surface area contributed by atoms with Gasteiger partial charge in [0.05, 0.1) is 10.6 Å². The van der Waals surface area contributed by atoms with Crippen molar-refractivity contribution < 1.29 is 8.42 Å². The summed E-state index contributed by atoms with van der Waals surface area (Å²) >= 11 is 0. The molecule has 0 saturated heterocycles. The van der Waals surface area contributed by atoms with Crippen molar-refractivity contribution >= 4 is 15.5 Å². The molecule has 1 aromatic rings. The first kappa shape index (κ1) is 10.4. The number of fused-ring (bicyclic) bond motifs is 1. The second kappa shape index (κ2) is 3.50. The van der Waals surface area contributed by atoms with Crippen molar-refractivity contribution in [1.82, 2.24) is 5.32 Å². The molecule has 0 fully saturated rings. The molecule has 0 spiro atoms. The van der Waals surface area contributed by atoms with Crippen LogP contribution in [0.1, 0.15) is 11.1 Å². The standard InChI is InChI=1S/C10H14N2O2S/c1-7-4-8-6-12-2-3-15(13,14)10(8)5-9(7)11/h4-5,12H,2-3,6,11H2,1H3. The number of hydrogen-bond acceptors (Lipinski definition) is 4. The van der Waals surface area contributed by atoms with Gasteiger partial charge in [-0.1, -0.05) is 6.07 Å². The summed E-state index contributed by atoms with van der Waals surface area (Å²) in [6.45, 7) is 2.97. The van der Waals surface area contributed by atoms with E-state index in [1.54, 1.807) is 6.07 Å². The Labute approximate surface area is 89.4 Å². The van der Waals surface area contributed by atoms with Crippen LogP contribution in [0.4, 0.5) is 5.69 Å². The molecule has 1 aromatic carbocycles. The number of nitrogen functional groups attached to an aromatic ring is 1. The molecular formula is C10H14N2O2S. The second-order valence-electron chi connectivity index (χ2n) is 3.81. The molecule has 1 aliphatic rings. The zero-order valence-electron chi connectivity index (χ0n) is 8.58. The topological polar surface area (TPSA) is 72.2 Å². The van der Waals surface area contributed by atoms with Gasteiger partial charge >= 0.3 is 0 Å². The lowest BCUT2D eigenvalue weighted by atomic mass is 10.1. The third-order valence-electron chi connectivity index (χ3n) is 2.65. The summed E-state index contributed by atoms with van der Waals surface area (Å²) in [5.74, 6) is 0.141. The highest BCUT2D eigenvalue weighted by molar-refractivity contribution is 7.91. The van der Waals surface area contributed by atoms with Crippen LogP contribution in [0.3, 0.4) is 0 Å². The molecule has 0 atom stereocenters. The average Bonchev–Trinajstić information content (AvgIpc) is 2.29. The van der Waals surface area contributed by atoms with Crippen molar-refractivity contribution in [2.75, 3.05) is 18.0 Å². The van der Waals surface area contributed by atoms with Gasteiger partial charge in [0.15, 0.2) is 9.84 Å². The SMILES string of the molecule is Cc1cc2c(cc1N)S(=O)(=O)CCNC2. The lowest BCUT2D eigenvalue weighted by molar-refractivity contribution is 0.595. The lowest BCUT2D eigenvalue weighted by Crippen LogP contribution is -2.17. The number of benzene rings is 1. The van der Waals surface area contributed by atoms with E-state index in [4.69, 9.17) is 5.73 Å². The molecule has 1 aliphatic heterocycles. The van der Waals surface area contributed by atoms with Crippen molar-refractivity contribution in [2.24, 2.45) is 0 Å². The molecular weight excluding hydrogens is 212 g/mol. The van der Waals surface area contributed by atoms with Gasteiger partial charge < -0.3 is 11.1 Å². The van der Waals surface area contributed by atoms with E-state index >= 15 is 0 Å². The van der Waals surface area contributed by atoms with Crippen LogP contribution in [0.25, 0.3) is 0 Å². The quantitative estimate of drug-likeness (QED) is 0.630. The Bertz CT molecular complexity index is 494.